The monoisotopic (exact) mass is 426 g/mol. The summed E-state index contributed by atoms with van der Waals surface area (Å²) in [6.07, 6.45) is 3.61. The van der Waals surface area contributed by atoms with Crippen molar-refractivity contribution in [1.29, 1.82) is 0 Å². The molecule has 1 aromatic carbocycles. The fraction of sp³-hybridized carbons (Fsp3) is 0.381. The molecule has 3 aromatic rings. The number of aromatic nitrogens is 3. The molecule has 1 saturated heterocycles. The van der Waals surface area contributed by atoms with Crippen LogP contribution in [0.1, 0.15) is 30.3 Å². The Morgan fingerprint density at radius 2 is 2.06 bits per heavy atom. The molecular formula is C21H24N5O5-. The first kappa shape index (κ1) is 21.2. The highest BCUT2D eigenvalue weighted by molar-refractivity contribution is 5.53. The molecule has 0 spiro atoms. The van der Waals surface area contributed by atoms with Gasteiger partial charge in [-0.2, -0.15) is 4.98 Å². The van der Waals surface area contributed by atoms with Crippen LogP contribution in [0.4, 0.5) is 5.69 Å². The van der Waals surface area contributed by atoms with Crippen LogP contribution < -0.4 is 9.96 Å². The number of hydrogen-bond acceptors (Lipinski definition) is 10. The lowest BCUT2D eigenvalue weighted by Gasteiger charge is -2.23. The minimum absolute atomic E-state index is 0.0272. The highest BCUT2D eigenvalue weighted by atomic mass is 16.8. The molecule has 1 atom stereocenters. The molecule has 3 heterocycles. The molecule has 0 radical (unpaired) electrons. The second-order valence-electron chi connectivity index (χ2n) is 7.25. The van der Waals surface area contributed by atoms with Crippen LogP contribution in [0, 0.1) is 5.21 Å². The van der Waals surface area contributed by atoms with Crippen LogP contribution in [0.3, 0.4) is 0 Å². The largest absolute Gasteiger partial charge is 0.733 e. The summed E-state index contributed by atoms with van der Waals surface area (Å²) in [4.78, 5) is 11.1. The van der Waals surface area contributed by atoms with Gasteiger partial charge in [0.15, 0.2) is 0 Å². The maximum absolute atomic E-state index is 11.0. The van der Waals surface area contributed by atoms with Gasteiger partial charge in [-0.1, -0.05) is 17.3 Å². The van der Waals surface area contributed by atoms with Crippen molar-refractivity contribution in [2.24, 2.45) is 0 Å². The van der Waals surface area contributed by atoms with E-state index in [1.165, 1.54) is 0 Å². The van der Waals surface area contributed by atoms with Crippen molar-refractivity contribution in [3.05, 3.63) is 59.3 Å². The van der Waals surface area contributed by atoms with Crippen LogP contribution in [-0.2, 0) is 11.3 Å². The van der Waals surface area contributed by atoms with Gasteiger partial charge in [-0.15, -0.1) is 0 Å². The number of methoxy groups -OCH3 is 1. The third kappa shape index (κ3) is 5.17. The van der Waals surface area contributed by atoms with Gasteiger partial charge >= 0.3 is 0 Å². The average Bonchev–Trinajstić information content (AvgIpc) is 3.44. The van der Waals surface area contributed by atoms with Crippen molar-refractivity contribution < 1.29 is 19.2 Å². The van der Waals surface area contributed by atoms with Crippen molar-refractivity contribution in [2.75, 3.05) is 32.1 Å². The predicted molar refractivity (Wildman–Crippen MR) is 111 cm³/mol. The number of ether oxygens (including phenoxy) is 2. The van der Waals surface area contributed by atoms with E-state index in [0.29, 0.717) is 37.4 Å². The third-order valence-electron chi connectivity index (χ3n) is 5.17. The summed E-state index contributed by atoms with van der Waals surface area (Å²) in [7, 11) is 1.62. The van der Waals surface area contributed by atoms with Crippen molar-refractivity contribution in [3.63, 3.8) is 0 Å². The lowest BCUT2D eigenvalue weighted by molar-refractivity contribution is 0.144. The van der Waals surface area contributed by atoms with E-state index in [-0.39, 0.29) is 17.0 Å². The molecule has 1 N–H and O–H groups in total. The number of rotatable bonds is 9. The Hall–Kier alpha value is -3.05. The second kappa shape index (κ2) is 9.84. The minimum atomic E-state index is -0.143. The van der Waals surface area contributed by atoms with Crippen LogP contribution in [-0.4, -0.2) is 52.1 Å². The molecule has 2 aromatic heterocycles. The number of likely N-dealkylation sites (tertiary alicyclic amines) is 1. The summed E-state index contributed by atoms with van der Waals surface area (Å²) in [5.74, 6) is 1.57. The Kier molecular flexibility index (Phi) is 6.73. The quantitative estimate of drug-likeness (QED) is 0.403. The average molecular weight is 426 g/mol. The Labute approximate surface area is 179 Å². The van der Waals surface area contributed by atoms with Gasteiger partial charge in [0.25, 0.3) is 0 Å². The van der Waals surface area contributed by atoms with E-state index in [1.54, 1.807) is 31.5 Å². The Morgan fingerprint density at radius 3 is 2.77 bits per heavy atom. The molecule has 0 saturated carbocycles. The lowest BCUT2D eigenvalue weighted by Crippen LogP contribution is -2.23. The molecule has 0 aliphatic carbocycles. The van der Waals surface area contributed by atoms with Gasteiger partial charge in [0.2, 0.25) is 17.6 Å². The molecule has 10 heteroatoms. The summed E-state index contributed by atoms with van der Waals surface area (Å²) in [5, 5.41) is 23.9. The summed E-state index contributed by atoms with van der Waals surface area (Å²) < 4.78 is 16.0. The Morgan fingerprint density at radius 1 is 1.23 bits per heavy atom. The first-order chi connectivity index (χ1) is 15.1. The van der Waals surface area contributed by atoms with E-state index in [1.807, 2.05) is 18.2 Å². The molecule has 0 unspecified atom stereocenters. The minimum Gasteiger partial charge on any atom is -0.733 e. The van der Waals surface area contributed by atoms with Crippen LogP contribution in [0.25, 0.3) is 11.4 Å². The van der Waals surface area contributed by atoms with Crippen molar-refractivity contribution in [1.82, 2.24) is 20.0 Å². The van der Waals surface area contributed by atoms with E-state index in [4.69, 9.17) is 19.2 Å². The summed E-state index contributed by atoms with van der Waals surface area (Å²) in [5.41, 5.74) is 1.98. The zero-order valence-corrected chi connectivity index (χ0v) is 17.2. The van der Waals surface area contributed by atoms with Crippen LogP contribution >= 0.6 is 0 Å². The molecule has 10 nitrogen and oxygen atoms in total. The molecular weight excluding hydrogens is 402 g/mol. The SMILES string of the molecule is COCCOc1ccc(-c2noc([C@@H]3CCCN3Cc3ccc(N([O-])O)cc3)n2)cn1. The Bertz CT molecular complexity index is 961. The van der Waals surface area contributed by atoms with E-state index in [2.05, 4.69) is 20.0 Å². The molecule has 1 aliphatic rings. The molecule has 0 amide bonds. The van der Waals surface area contributed by atoms with Gasteiger partial charge in [0, 0.05) is 31.5 Å². The number of benzene rings is 1. The maximum atomic E-state index is 11.0. The fourth-order valence-electron chi connectivity index (χ4n) is 3.57. The van der Waals surface area contributed by atoms with Gasteiger partial charge in [0.05, 0.1) is 18.3 Å². The first-order valence-electron chi connectivity index (χ1n) is 10.0. The zero-order chi connectivity index (χ0) is 21.6. The number of pyridine rings is 1. The second-order valence-corrected chi connectivity index (χ2v) is 7.25. The van der Waals surface area contributed by atoms with Gasteiger partial charge < -0.3 is 24.4 Å². The number of nitrogens with zero attached hydrogens (tertiary/aromatic N) is 5. The number of anilines is 1. The predicted octanol–water partition coefficient (Wildman–Crippen LogP) is 3.19. The molecule has 164 valence electrons. The van der Waals surface area contributed by atoms with Gasteiger partial charge in [-0.05, 0) is 43.1 Å². The summed E-state index contributed by atoms with van der Waals surface area (Å²) in [6.45, 7) is 2.53. The van der Waals surface area contributed by atoms with E-state index in [0.717, 1.165) is 30.5 Å². The highest BCUT2D eigenvalue weighted by Crippen LogP contribution is 2.33. The molecule has 0 bridgehead atoms. The summed E-state index contributed by atoms with van der Waals surface area (Å²) >= 11 is 0. The van der Waals surface area contributed by atoms with E-state index >= 15 is 0 Å². The topological polar surface area (TPSA) is 120 Å². The lowest BCUT2D eigenvalue weighted by atomic mass is 10.1. The standard InChI is InChI=1S/C21H24N5O5/c1-29-11-12-30-19-9-6-16(13-22-19)20-23-21(31-24-20)18-3-2-10-25(18)14-15-4-7-17(8-5-15)26(27)28/h4-9,13,18,27H,2-3,10-12,14H2,1H3/q-1/t18-/m0/s1. The molecule has 4 rings (SSSR count). The first-order valence-corrected chi connectivity index (χ1v) is 10.0. The van der Waals surface area contributed by atoms with Crippen LogP contribution in [0.15, 0.2) is 47.1 Å². The van der Waals surface area contributed by atoms with Crippen molar-refractivity contribution >= 4 is 5.69 Å². The van der Waals surface area contributed by atoms with E-state index < -0.39 is 0 Å². The molecule has 31 heavy (non-hydrogen) atoms. The van der Waals surface area contributed by atoms with Gasteiger partial charge in [-0.25, -0.2) is 4.98 Å². The number of hydrogen-bond donors (Lipinski definition) is 1. The highest BCUT2D eigenvalue weighted by Gasteiger charge is 2.30. The Balaban J connectivity index is 1.41. The fourth-order valence-corrected chi connectivity index (χ4v) is 3.57. The van der Waals surface area contributed by atoms with Crippen molar-refractivity contribution in [3.8, 4) is 17.3 Å². The summed E-state index contributed by atoms with van der Waals surface area (Å²) in [6, 6.07) is 10.5. The zero-order valence-electron chi connectivity index (χ0n) is 17.2. The third-order valence-corrected chi connectivity index (χ3v) is 5.17. The van der Waals surface area contributed by atoms with E-state index in [9.17, 15) is 5.21 Å². The van der Waals surface area contributed by atoms with Gasteiger partial charge in [0.1, 0.15) is 6.61 Å². The molecule has 1 aliphatic heterocycles. The van der Waals surface area contributed by atoms with Crippen LogP contribution in [0.2, 0.25) is 0 Å². The van der Waals surface area contributed by atoms with Crippen LogP contribution in [0.5, 0.6) is 5.88 Å². The molecule has 1 fully saturated rings. The van der Waals surface area contributed by atoms with Crippen molar-refractivity contribution in [2.45, 2.75) is 25.4 Å². The maximum Gasteiger partial charge on any atom is 0.244 e. The normalized spacial score (nSPS) is 16.5. The van der Waals surface area contributed by atoms with Gasteiger partial charge in [-0.3, -0.25) is 10.1 Å². The smallest absolute Gasteiger partial charge is 0.244 e.